The topological polar surface area (TPSA) is 127 Å². The van der Waals surface area contributed by atoms with Crippen molar-refractivity contribution in [1.82, 2.24) is 0 Å². The number of hydrogen-bond acceptors (Lipinski definition) is 7. The van der Waals surface area contributed by atoms with Gasteiger partial charge < -0.3 is 30.3 Å². The number of unbranched alkanes of at least 4 members (excludes halogenated alkanes) is 2. The van der Waals surface area contributed by atoms with Crippen LogP contribution < -0.4 is 0 Å². The summed E-state index contributed by atoms with van der Waals surface area (Å²) in [5.41, 5.74) is 0. The molecule has 0 aromatic rings. The summed E-state index contributed by atoms with van der Waals surface area (Å²) >= 11 is 0. The fourth-order valence-electron chi connectivity index (χ4n) is 1.43. The van der Waals surface area contributed by atoms with E-state index in [-0.39, 0.29) is 6.42 Å². The quantitative estimate of drug-likeness (QED) is 0.244. The molecule has 0 aliphatic rings. The third-order valence-corrected chi connectivity index (χ3v) is 2.72. The molecule has 0 aromatic carbocycles. The molecule has 4 atom stereocenters. The van der Waals surface area contributed by atoms with Gasteiger partial charge in [0.05, 0.1) is 6.61 Å². The molecule has 19 heavy (non-hydrogen) atoms. The molecule has 0 radical (unpaired) electrons. The SMILES string of the molecule is CCCCCC(=O)OC[C@H](O)[C@@H](O)[C@H](O)[C@H](O)CO. The van der Waals surface area contributed by atoms with Crippen molar-refractivity contribution in [3.63, 3.8) is 0 Å². The molecular weight excluding hydrogens is 256 g/mol. The van der Waals surface area contributed by atoms with Gasteiger partial charge in [0.15, 0.2) is 0 Å². The van der Waals surface area contributed by atoms with E-state index < -0.39 is 43.6 Å². The second kappa shape index (κ2) is 10.1. The average Bonchev–Trinajstić information content (AvgIpc) is 2.42. The van der Waals surface area contributed by atoms with Crippen LogP contribution in [-0.2, 0) is 9.53 Å². The van der Waals surface area contributed by atoms with Gasteiger partial charge in [0, 0.05) is 6.42 Å². The highest BCUT2D eigenvalue weighted by molar-refractivity contribution is 5.69. The highest BCUT2D eigenvalue weighted by atomic mass is 16.5. The van der Waals surface area contributed by atoms with Crippen molar-refractivity contribution in [3.05, 3.63) is 0 Å². The Labute approximate surface area is 112 Å². The van der Waals surface area contributed by atoms with Crippen LogP contribution in [0.2, 0.25) is 0 Å². The molecule has 114 valence electrons. The molecule has 0 aliphatic carbocycles. The van der Waals surface area contributed by atoms with Gasteiger partial charge in [-0.3, -0.25) is 4.79 Å². The van der Waals surface area contributed by atoms with Crippen molar-refractivity contribution in [3.8, 4) is 0 Å². The van der Waals surface area contributed by atoms with Crippen molar-refractivity contribution in [1.29, 1.82) is 0 Å². The first-order valence-corrected chi connectivity index (χ1v) is 6.42. The van der Waals surface area contributed by atoms with Gasteiger partial charge in [-0.25, -0.2) is 0 Å². The van der Waals surface area contributed by atoms with E-state index in [1.807, 2.05) is 6.92 Å². The fourth-order valence-corrected chi connectivity index (χ4v) is 1.43. The van der Waals surface area contributed by atoms with E-state index in [1.165, 1.54) is 0 Å². The lowest BCUT2D eigenvalue weighted by Gasteiger charge is -2.25. The van der Waals surface area contributed by atoms with Gasteiger partial charge in [-0.2, -0.15) is 0 Å². The van der Waals surface area contributed by atoms with Gasteiger partial charge in [0.1, 0.15) is 31.0 Å². The molecule has 5 N–H and O–H groups in total. The lowest BCUT2D eigenvalue weighted by molar-refractivity contribution is -0.156. The fraction of sp³-hybridized carbons (Fsp3) is 0.917. The zero-order chi connectivity index (χ0) is 14.8. The number of carbonyl (C=O) groups is 1. The average molecular weight is 280 g/mol. The van der Waals surface area contributed by atoms with Crippen LogP contribution in [0.4, 0.5) is 0 Å². The van der Waals surface area contributed by atoms with Crippen LogP contribution >= 0.6 is 0 Å². The Morgan fingerprint density at radius 3 is 2.16 bits per heavy atom. The van der Waals surface area contributed by atoms with Crippen LogP contribution in [0.3, 0.4) is 0 Å². The third kappa shape index (κ3) is 7.44. The maximum atomic E-state index is 11.2. The molecule has 0 aliphatic heterocycles. The van der Waals surface area contributed by atoms with Gasteiger partial charge in [-0.15, -0.1) is 0 Å². The largest absolute Gasteiger partial charge is 0.463 e. The molecule has 0 amide bonds. The number of esters is 1. The molecule has 0 rings (SSSR count). The van der Waals surface area contributed by atoms with E-state index >= 15 is 0 Å². The van der Waals surface area contributed by atoms with Crippen molar-refractivity contribution in [2.24, 2.45) is 0 Å². The molecule has 7 heteroatoms. The summed E-state index contributed by atoms with van der Waals surface area (Å²) in [4.78, 5) is 11.2. The van der Waals surface area contributed by atoms with Crippen LogP contribution in [0.15, 0.2) is 0 Å². The Hall–Kier alpha value is -0.730. The number of carbonyl (C=O) groups excluding carboxylic acids is 1. The van der Waals surface area contributed by atoms with Crippen LogP contribution in [-0.4, -0.2) is 69.1 Å². The molecule has 0 spiro atoms. The van der Waals surface area contributed by atoms with Crippen LogP contribution in [0.1, 0.15) is 32.6 Å². The van der Waals surface area contributed by atoms with Crippen molar-refractivity contribution in [2.75, 3.05) is 13.2 Å². The van der Waals surface area contributed by atoms with Crippen LogP contribution in [0, 0.1) is 0 Å². The smallest absolute Gasteiger partial charge is 0.305 e. The molecule has 0 aromatic heterocycles. The standard InChI is InChI=1S/C12H24O7/c1-2-3-4-5-10(16)19-7-9(15)12(18)11(17)8(14)6-13/h8-9,11-15,17-18H,2-7H2,1H3/t8-,9+,11-,12-/m1/s1. The summed E-state index contributed by atoms with van der Waals surface area (Å²) in [6, 6.07) is 0. The van der Waals surface area contributed by atoms with E-state index in [9.17, 15) is 20.1 Å². The predicted molar refractivity (Wildman–Crippen MR) is 66.2 cm³/mol. The van der Waals surface area contributed by atoms with Gasteiger partial charge in [0.2, 0.25) is 0 Å². The normalized spacial score (nSPS) is 17.6. The number of hydrogen-bond donors (Lipinski definition) is 5. The lowest BCUT2D eigenvalue weighted by atomic mass is 10.0. The number of aliphatic hydroxyl groups excluding tert-OH is 5. The highest BCUT2D eigenvalue weighted by Crippen LogP contribution is 2.07. The summed E-state index contributed by atoms with van der Waals surface area (Å²) < 4.78 is 4.73. The summed E-state index contributed by atoms with van der Waals surface area (Å²) in [5.74, 6) is -0.489. The summed E-state index contributed by atoms with van der Waals surface area (Å²) in [6.45, 7) is 0.780. The van der Waals surface area contributed by atoms with Gasteiger partial charge in [0.25, 0.3) is 0 Å². The van der Waals surface area contributed by atoms with Crippen molar-refractivity contribution >= 4 is 5.97 Å². The van der Waals surface area contributed by atoms with E-state index in [1.54, 1.807) is 0 Å². The molecule has 0 unspecified atom stereocenters. The molecule has 0 saturated heterocycles. The summed E-state index contributed by atoms with van der Waals surface area (Å²) in [6.07, 6.45) is -3.69. The maximum Gasteiger partial charge on any atom is 0.305 e. The Kier molecular flexibility index (Phi) is 9.72. The maximum absolute atomic E-state index is 11.2. The number of aliphatic hydroxyl groups is 5. The molecular formula is C12H24O7. The second-order valence-corrected chi connectivity index (χ2v) is 4.44. The van der Waals surface area contributed by atoms with E-state index in [4.69, 9.17) is 14.9 Å². The summed E-state index contributed by atoms with van der Waals surface area (Å²) in [7, 11) is 0. The minimum absolute atomic E-state index is 0.235. The molecule has 0 heterocycles. The van der Waals surface area contributed by atoms with Crippen LogP contribution in [0.25, 0.3) is 0 Å². The Morgan fingerprint density at radius 2 is 1.63 bits per heavy atom. The zero-order valence-corrected chi connectivity index (χ0v) is 11.1. The monoisotopic (exact) mass is 280 g/mol. The summed E-state index contributed by atoms with van der Waals surface area (Å²) in [5, 5.41) is 45.9. The second-order valence-electron chi connectivity index (χ2n) is 4.44. The van der Waals surface area contributed by atoms with Crippen LogP contribution in [0.5, 0.6) is 0 Å². The first kappa shape index (κ1) is 18.3. The molecule has 0 saturated carbocycles. The minimum atomic E-state index is -1.71. The first-order chi connectivity index (χ1) is 8.93. The minimum Gasteiger partial charge on any atom is -0.463 e. The predicted octanol–water partition coefficient (Wildman–Crippen LogP) is -1.45. The zero-order valence-electron chi connectivity index (χ0n) is 11.1. The van der Waals surface area contributed by atoms with E-state index in [2.05, 4.69) is 0 Å². The molecule has 7 nitrogen and oxygen atoms in total. The Morgan fingerprint density at radius 1 is 1.05 bits per heavy atom. The Bertz CT molecular complexity index is 246. The number of ether oxygens (including phenoxy) is 1. The van der Waals surface area contributed by atoms with Crippen molar-refractivity contribution in [2.45, 2.75) is 57.0 Å². The van der Waals surface area contributed by atoms with E-state index in [0.717, 1.165) is 12.8 Å². The van der Waals surface area contributed by atoms with Gasteiger partial charge in [-0.05, 0) is 6.42 Å². The van der Waals surface area contributed by atoms with Crippen molar-refractivity contribution < 1.29 is 35.1 Å². The first-order valence-electron chi connectivity index (χ1n) is 6.42. The Balaban J connectivity index is 3.95. The molecule has 0 fully saturated rings. The molecule has 0 bridgehead atoms. The number of rotatable bonds is 10. The third-order valence-electron chi connectivity index (χ3n) is 2.72. The highest BCUT2D eigenvalue weighted by Gasteiger charge is 2.30. The van der Waals surface area contributed by atoms with Gasteiger partial charge in [-0.1, -0.05) is 19.8 Å². The van der Waals surface area contributed by atoms with Gasteiger partial charge >= 0.3 is 5.97 Å². The van der Waals surface area contributed by atoms with E-state index in [0.29, 0.717) is 6.42 Å². The lowest BCUT2D eigenvalue weighted by Crippen LogP contribution is -2.47.